The first kappa shape index (κ1) is 18.5. The van der Waals surface area contributed by atoms with Gasteiger partial charge in [0.25, 0.3) is 0 Å². The summed E-state index contributed by atoms with van der Waals surface area (Å²) in [6.07, 6.45) is 1.88. The van der Waals surface area contributed by atoms with Gasteiger partial charge in [0.1, 0.15) is 17.8 Å². The first-order valence-corrected chi connectivity index (χ1v) is 9.22. The fraction of sp³-hybridized carbons (Fsp3) is 0.364. The Labute approximate surface area is 163 Å². The van der Waals surface area contributed by atoms with E-state index in [1.54, 1.807) is 45.1 Å². The molecule has 2 bridgehead atoms. The summed E-state index contributed by atoms with van der Waals surface area (Å²) in [5.41, 5.74) is -0.212. The van der Waals surface area contributed by atoms with E-state index < -0.39 is 35.7 Å². The van der Waals surface area contributed by atoms with Gasteiger partial charge in [0.15, 0.2) is 0 Å². The van der Waals surface area contributed by atoms with Crippen LogP contribution in [0.15, 0.2) is 54.6 Å². The van der Waals surface area contributed by atoms with Crippen molar-refractivity contribution in [3.63, 3.8) is 0 Å². The molecular weight excluding hydrogens is 360 g/mol. The van der Waals surface area contributed by atoms with Crippen molar-refractivity contribution in [3.8, 4) is 0 Å². The van der Waals surface area contributed by atoms with Gasteiger partial charge in [0, 0.05) is 0 Å². The van der Waals surface area contributed by atoms with Gasteiger partial charge in [0.2, 0.25) is 5.79 Å². The smallest absolute Gasteiger partial charge is 0.429 e. The van der Waals surface area contributed by atoms with Crippen LogP contribution in [0, 0.1) is 0 Å². The van der Waals surface area contributed by atoms with E-state index in [0.717, 1.165) is 10.8 Å². The first-order chi connectivity index (χ1) is 13.2. The average Bonchev–Trinajstić information content (AvgIpc) is 3.17. The van der Waals surface area contributed by atoms with Gasteiger partial charge in [-0.05, 0) is 55.8 Å². The molecule has 1 saturated heterocycles. The predicted molar refractivity (Wildman–Crippen MR) is 102 cm³/mol. The zero-order valence-electron chi connectivity index (χ0n) is 16.0. The summed E-state index contributed by atoms with van der Waals surface area (Å²) in [6, 6.07) is 13.2. The Kier molecular flexibility index (Phi) is 4.38. The molecule has 0 radical (unpaired) electrons. The number of carbonyl (C=O) groups excluding carboxylic acids is 2. The summed E-state index contributed by atoms with van der Waals surface area (Å²) >= 11 is 0. The van der Waals surface area contributed by atoms with Gasteiger partial charge >= 0.3 is 12.1 Å². The minimum Gasteiger partial charge on any atom is -0.429 e. The van der Waals surface area contributed by atoms with Crippen molar-refractivity contribution in [2.45, 2.75) is 50.8 Å². The summed E-state index contributed by atoms with van der Waals surface area (Å²) in [4.78, 5) is 24.6. The number of hydrogen-bond acceptors (Lipinski definition) is 6. The van der Waals surface area contributed by atoms with Crippen LogP contribution in [0.5, 0.6) is 0 Å². The second-order valence-electron chi connectivity index (χ2n) is 8.03. The van der Waals surface area contributed by atoms with Gasteiger partial charge in [-0.25, -0.2) is 9.59 Å². The van der Waals surface area contributed by atoms with Crippen molar-refractivity contribution in [1.82, 2.24) is 0 Å². The Morgan fingerprint density at radius 2 is 1.86 bits per heavy atom. The molecule has 2 aliphatic rings. The number of esters is 1. The zero-order chi connectivity index (χ0) is 19.9. The third-order valence-electron chi connectivity index (χ3n) is 4.62. The predicted octanol–water partition coefficient (Wildman–Crippen LogP) is 4.37. The second kappa shape index (κ2) is 6.63. The molecule has 0 aliphatic carbocycles. The highest BCUT2D eigenvalue weighted by Gasteiger charge is 2.53. The molecule has 2 heterocycles. The van der Waals surface area contributed by atoms with Crippen LogP contribution in [0.3, 0.4) is 0 Å². The Hall–Kier alpha value is -2.86. The van der Waals surface area contributed by atoms with Crippen molar-refractivity contribution >= 4 is 22.9 Å². The van der Waals surface area contributed by atoms with Crippen LogP contribution in [0.1, 0.15) is 37.6 Å². The Morgan fingerprint density at radius 1 is 1.11 bits per heavy atom. The SMILES string of the molecule is CC(C)(C)OC(=O)OC1CC2(OC(=O)c3ccc4ccccc4c3)C=CC1O2. The topological polar surface area (TPSA) is 71.1 Å². The Morgan fingerprint density at radius 3 is 2.61 bits per heavy atom. The Bertz CT molecular complexity index is 957. The molecule has 0 aromatic heterocycles. The summed E-state index contributed by atoms with van der Waals surface area (Å²) < 4.78 is 22.0. The van der Waals surface area contributed by atoms with Gasteiger partial charge < -0.3 is 18.9 Å². The molecule has 6 heteroatoms. The zero-order valence-corrected chi connectivity index (χ0v) is 16.0. The van der Waals surface area contributed by atoms with E-state index in [-0.39, 0.29) is 6.42 Å². The first-order valence-electron chi connectivity index (χ1n) is 9.22. The highest BCUT2D eigenvalue weighted by atomic mass is 16.8. The number of ether oxygens (including phenoxy) is 4. The maximum absolute atomic E-state index is 12.7. The molecule has 1 fully saturated rings. The number of fused-ring (bicyclic) bond motifs is 3. The standard InChI is InChI=1S/C22H22O6/c1-21(2,3)28-20(24)25-18-13-22(11-10-17(18)26-22)27-19(23)16-9-8-14-6-4-5-7-15(14)12-16/h4-12,17-18H,13H2,1-3H3. The monoisotopic (exact) mass is 382 g/mol. The van der Waals surface area contributed by atoms with Crippen molar-refractivity contribution in [2.24, 2.45) is 0 Å². The van der Waals surface area contributed by atoms with Crippen LogP contribution in [-0.2, 0) is 18.9 Å². The van der Waals surface area contributed by atoms with Crippen LogP contribution in [0.4, 0.5) is 4.79 Å². The van der Waals surface area contributed by atoms with E-state index in [1.807, 2.05) is 30.3 Å². The normalized spacial score (nSPS) is 25.7. The van der Waals surface area contributed by atoms with Crippen LogP contribution in [-0.4, -0.2) is 35.7 Å². The molecule has 2 aromatic carbocycles. The third-order valence-corrected chi connectivity index (χ3v) is 4.62. The second-order valence-corrected chi connectivity index (χ2v) is 8.03. The Balaban J connectivity index is 1.44. The molecular formula is C22H22O6. The van der Waals surface area contributed by atoms with Crippen molar-refractivity contribution in [1.29, 1.82) is 0 Å². The van der Waals surface area contributed by atoms with Crippen molar-refractivity contribution in [2.75, 3.05) is 0 Å². The van der Waals surface area contributed by atoms with Gasteiger partial charge in [-0.15, -0.1) is 0 Å². The number of carbonyl (C=O) groups is 2. The lowest BCUT2D eigenvalue weighted by Gasteiger charge is -2.24. The van der Waals surface area contributed by atoms with E-state index in [2.05, 4.69) is 0 Å². The molecule has 2 aromatic rings. The molecule has 2 aliphatic heterocycles. The van der Waals surface area contributed by atoms with Crippen molar-refractivity contribution in [3.05, 3.63) is 60.2 Å². The summed E-state index contributed by atoms with van der Waals surface area (Å²) in [5, 5.41) is 1.99. The molecule has 0 N–H and O–H groups in total. The maximum Gasteiger partial charge on any atom is 0.509 e. The summed E-state index contributed by atoms with van der Waals surface area (Å²) in [5.74, 6) is -1.71. The fourth-order valence-electron chi connectivity index (χ4n) is 3.40. The van der Waals surface area contributed by atoms with Gasteiger partial charge in [-0.3, -0.25) is 0 Å². The van der Waals surface area contributed by atoms with Crippen LogP contribution >= 0.6 is 0 Å². The highest BCUT2D eigenvalue weighted by molar-refractivity contribution is 5.95. The lowest BCUT2D eigenvalue weighted by atomic mass is 10.0. The van der Waals surface area contributed by atoms with E-state index >= 15 is 0 Å². The average molecular weight is 382 g/mol. The van der Waals surface area contributed by atoms with Crippen molar-refractivity contribution < 1.29 is 28.5 Å². The minimum absolute atomic E-state index is 0.229. The molecule has 0 saturated carbocycles. The minimum atomic E-state index is -1.22. The van der Waals surface area contributed by atoms with E-state index in [4.69, 9.17) is 18.9 Å². The molecule has 3 atom stereocenters. The number of rotatable bonds is 3. The largest absolute Gasteiger partial charge is 0.509 e. The third kappa shape index (κ3) is 3.73. The lowest BCUT2D eigenvalue weighted by Crippen LogP contribution is -2.34. The molecule has 6 nitrogen and oxygen atoms in total. The van der Waals surface area contributed by atoms with Gasteiger partial charge in [-0.1, -0.05) is 30.3 Å². The number of benzene rings is 2. The number of hydrogen-bond donors (Lipinski definition) is 0. The quantitative estimate of drug-likeness (QED) is 0.580. The summed E-state index contributed by atoms with van der Waals surface area (Å²) in [7, 11) is 0. The highest BCUT2D eigenvalue weighted by Crippen LogP contribution is 2.41. The van der Waals surface area contributed by atoms with Crippen LogP contribution in [0.2, 0.25) is 0 Å². The molecule has 28 heavy (non-hydrogen) atoms. The maximum atomic E-state index is 12.7. The molecule has 0 amide bonds. The van der Waals surface area contributed by atoms with E-state index in [0.29, 0.717) is 5.56 Å². The lowest BCUT2D eigenvalue weighted by molar-refractivity contribution is -0.140. The summed E-state index contributed by atoms with van der Waals surface area (Å²) in [6.45, 7) is 5.29. The van der Waals surface area contributed by atoms with Crippen LogP contribution in [0.25, 0.3) is 10.8 Å². The molecule has 146 valence electrons. The van der Waals surface area contributed by atoms with Gasteiger partial charge in [-0.2, -0.15) is 0 Å². The molecule has 3 unspecified atom stereocenters. The molecule has 4 rings (SSSR count). The van der Waals surface area contributed by atoms with E-state index in [1.165, 1.54) is 0 Å². The van der Waals surface area contributed by atoms with E-state index in [9.17, 15) is 9.59 Å². The molecule has 0 spiro atoms. The fourth-order valence-corrected chi connectivity index (χ4v) is 3.40. The van der Waals surface area contributed by atoms with Gasteiger partial charge in [0.05, 0.1) is 12.0 Å². The van der Waals surface area contributed by atoms with Crippen LogP contribution < -0.4 is 0 Å².